The molecule has 0 aliphatic carbocycles. The molecule has 0 aliphatic heterocycles. The lowest BCUT2D eigenvalue weighted by molar-refractivity contribution is -0.107. The van der Waals surface area contributed by atoms with Gasteiger partial charge in [0.15, 0.2) is 0 Å². The van der Waals surface area contributed by atoms with Gasteiger partial charge in [-0.25, -0.2) is 4.79 Å². The van der Waals surface area contributed by atoms with Crippen LogP contribution in [-0.4, -0.2) is 26.5 Å². The Hall–Kier alpha value is -1.84. The molecule has 0 heterocycles. The molecule has 0 saturated carbocycles. The molecule has 0 aliphatic rings. The Morgan fingerprint density at radius 3 is 2.69 bits per heavy atom. The highest BCUT2D eigenvalue weighted by Crippen LogP contribution is 2.21. The Kier molecular flexibility index (Phi) is 4.51. The number of hydrogen-bond donors (Lipinski definition) is 0. The molecule has 1 aromatic rings. The van der Waals surface area contributed by atoms with E-state index in [1.807, 2.05) is 0 Å². The fourth-order valence-corrected chi connectivity index (χ4v) is 1.43. The Balaban J connectivity index is 3.00. The van der Waals surface area contributed by atoms with Crippen LogP contribution in [0.3, 0.4) is 0 Å². The van der Waals surface area contributed by atoms with E-state index in [4.69, 9.17) is 4.74 Å². The zero-order valence-electron chi connectivity index (χ0n) is 9.36. The van der Waals surface area contributed by atoms with Gasteiger partial charge in [0.1, 0.15) is 12.0 Å². The van der Waals surface area contributed by atoms with E-state index in [-0.39, 0.29) is 0 Å². The molecule has 0 spiro atoms. The molecular weight excluding hydrogens is 208 g/mol. The van der Waals surface area contributed by atoms with Gasteiger partial charge in [-0.15, -0.1) is 0 Å². The third-order valence-corrected chi connectivity index (χ3v) is 2.23. The standard InChI is InChI=1S/C12H14O4/c1-15-11-6-5-10(12(14)16-2)8-9(11)4-3-7-13/h5-8H,3-4H2,1-2H3. The van der Waals surface area contributed by atoms with E-state index in [2.05, 4.69) is 4.74 Å². The normalized spacial score (nSPS) is 9.62. The number of methoxy groups -OCH3 is 2. The quantitative estimate of drug-likeness (QED) is 0.561. The van der Waals surface area contributed by atoms with Crippen molar-refractivity contribution in [3.63, 3.8) is 0 Å². The first kappa shape index (κ1) is 12.2. The second-order valence-electron chi connectivity index (χ2n) is 3.22. The van der Waals surface area contributed by atoms with Crippen molar-refractivity contribution in [3.8, 4) is 5.75 Å². The van der Waals surface area contributed by atoms with E-state index in [9.17, 15) is 9.59 Å². The van der Waals surface area contributed by atoms with Crippen molar-refractivity contribution in [1.29, 1.82) is 0 Å². The van der Waals surface area contributed by atoms with Gasteiger partial charge >= 0.3 is 5.97 Å². The van der Waals surface area contributed by atoms with Crippen LogP contribution in [0.1, 0.15) is 22.3 Å². The van der Waals surface area contributed by atoms with E-state index >= 15 is 0 Å². The first-order chi connectivity index (χ1) is 7.72. The van der Waals surface area contributed by atoms with Crippen molar-refractivity contribution in [1.82, 2.24) is 0 Å². The number of ether oxygens (including phenoxy) is 2. The van der Waals surface area contributed by atoms with Crippen LogP contribution in [0.2, 0.25) is 0 Å². The van der Waals surface area contributed by atoms with Crippen LogP contribution in [0.5, 0.6) is 5.75 Å². The molecule has 0 atom stereocenters. The van der Waals surface area contributed by atoms with Crippen molar-refractivity contribution in [2.75, 3.05) is 14.2 Å². The van der Waals surface area contributed by atoms with Crippen molar-refractivity contribution in [2.45, 2.75) is 12.8 Å². The highest BCUT2D eigenvalue weighted by Gasteiger charge is 2.09. The SMILES string of the molecule is COC(=O)c1ccc(OC)c(CCC=O)c1. The first-order valence-electron chi connectivity index (χ1n) is 4.91. The van der Waals surface area contributed by atoms with Crippen LogP contribution in [0.25, 0.3) is 0 Å². The molecule has 16 heavy (non-hydrogen) atoms. The van der Waals surface area contributed by atoms with E-state index in [0.29, 0.717) is 24.2 Å². The molecule has 1 rings (SSSR count). The molecule has 0 radical (unpaired) electrons. The monoisotopic (exact) mass is 222 g/mol. The number of carbonyl (C=O) groups excluding carboxylic acids is 2. The Morgan fingerprint density at radius 2 is 2.12 bits per heavy atom. The number of rotatable bonds is 5. The van der Waals surface area contributed by atoms with Gasteiger partial charge < -0.3 is 14.3 Å². The van der Waals surface area contributed by atoms with Crippen molar-refractivity contribution in [2.24, 2.45) is 0 Å². The number of aryl methyl sites for hydroxylation is 1. The smallest absolute Gasteiger partial charge is 0.337 e. The first-order valence-corrected chi connectivity index (χ1v) is 4.91. The van der Waals surface area contributed by atoms with Gasteiger partial charge in [-0.2, -0.15) is 0 Å². The number of aldehydes is 1. The summed E-state index contributed by atoms with van der Waals surface area (Å²) in [5, 5.41) is 0. The maximum atomic E-state index is 11.3. The molecule has 0 fully saturated rings. The summed E-state index contributed by atoms with van der Waals surface area (Å²) in [5.41, 5.74) is 1.29. The summed E-state index contributed by atoms with van der Waals surface area (Å²) in [6.45, 7) is 0. The third kappa shape index (κ3) is 2.82. The van der Waals surface area contributed by atoms with Crippen LogP contribution in [-0.2, 0) is 16.0 Å². The molecule has 1 aromatic carbocycles. The predicted molar refractivity (Wildman–Crippen MR) is 58.7 cm³/mol. The van der Waals surface area contributed by atoms with Crippen LogP contribution in [0.4, 0.5) is 0 Å². The average molecular weight is 222 g/mol. The second kappa shape index (κ2) is 5.90. The highest BCUT2D eigenvalue weighted by atomic mass is 16.5. The molecule has 4 heteroatoms. The summed E-state index contributed by atoms with van der Waals surface area (Å²) >= 11 is 0. The van der Waals surface area contributed by atoms with E-state index < -0.39 is 5.97 Å². The summed E-state index contributed by atoms with van der Waals surface area (Å²) in [7, 11) is 2.88. The van der Waals surface area contributed by atoms with Crippen molar-refractivity contribution in [3.05, 3.63) is 29.3 Å². The molecule has 0 amide bonds. The summed E-state index contributed by atoms with van der Waals surface area (Å²) in [5.74, 6) is 0.282. The summed E-state index contributed by atoms with van der Waals surface area (Å²) in [6, 6.07) is 5.02. The minimum absolute atomic E-state index is 0.394. The fourth-order valence-electron chi connectivity index (χ4n) is 1.43. The molecule has 0 aromatic heterocycles. The molecule has 0 saturated heterocycles. The largest absolute Gasteiger partial charge is 0.496 e. The molecule has 0 unspecified atom stereocenters. The summed E-state index contributed by atoms with van der Waals surface area (Å²) in [4.78, 5) is 21.6. The van der Waals surface area contributed by atoms with Crippen molar-refractivity contribution < 1.29 is 19.1 Å². The van der Waals surface area contributed by atoms with Gasteiger partial charge in [0.2, 0.25) is 0 Å². The van der Waals surface area contributed by atoms with E-state index in [0.717, 1.165) is 11.8 Å². The zero-order chi connectivity index (χ0) is 12.0. The van der Waals surface area contributed by atoms with Gasteiger partial charge in [-0.1, -0.05) is 0 Å². The van der Waals surface area contributed by atoms with Crippen LogP contribution in [0.15, 0.2) is 18.2 Å². The third-order valence-electron chi connectivity index (χ3n) is 2.23. The highest BCUT2D eigenvalue weighted by molar-refractivity contribution is 5.89. The fraction of sp³-hybridized carbons (Fsp3) is 0.333. The lowest BCUT2D eigenvalue weighted by Gasteiger charge is -2.08. The Bertz CT molecular complexity index is 385. The minimum atomic E-state index is -0.394. The van der Waals surface area contributed by atoms with Crippen LogP contribution >= 0.6 is 0 Å². The summed E-state index contributed by atoms with van der Waals surface area (Å²) in [6.07, 6.45) is 1.79. The maximum absolute atomic E-state index is 11.3. The Morgan fingerprint density at radius 1 is 1.38 bits per heavy atom. The van der Waals surface area contributed by atoms with Gasteiger partial charge in [0.05, 0.1) is 19.8 Å². The number of benzene rings is 1. The molecule has 4 nitrogen and oxygen atoms in total. The van der Waals surface area contributed by atoms with Gasteiger partial charge in [-0.05, 0) is 30.2 Å². The Labute approximate surface area is 94.2 Å². The summed E-state index contributed by atoms with van der Waals surface area (Å²) < 4.78 is 9.76. The molecular formula is C12H14O4. The van der Waals surface area contributed by atoms with Crippen LogP contribution < -0.4 is 4.74 Å². The minimum Gasteiger partial charge on any atom is -0.496 e. The number of carbonyl (C=O) groups is 2. The average Bonchev–Trinajstić information content (AvgIpc) is 2.34. The topological polar surface area (TPSA) is 52.6 Å². The maximum Gasteiger partial charge on any atom is 0.337 e. The molecule has 0 bridgehead atoms. The van der Waals surface area contributed by atoms with Gasteiger partial charge in [0, 0.05) is 6.42 Å². The van der Waals surface area contributed by atoms with Crippen LogP contribution in [0, 0.1) is 0 Å². The molecule has 86 valence electrons. The zero-order valence-corrected chi connectivity index (χ0v) is 9.36. The lowest BCUT2D eigenvalue weighted by atomic mass is 10.1. The van der Waals surface area contributed by atoms with Gasteiger partial charge in [0.25, 0.3) is 0 Å². The van der Waals surface area contributed by atoms with Gasteiger partial charge in [-0.3, -0.25) is 0 Å². The number of esters is 1. The predicted octanol–water partition coefficient (Wildman–Crippen LogP) is 1.61. The second-order valence-corrected chi connectivity index (χ2v) is 3.22. The van der Waals surface area contributed by atoms with E-state index in [1.165, 1.54) is 7.11 Å². The lowest BCUT2D eigenvalue weighted by Crippen LogP contribution is -2.03. The van der Waals surface area contributed by atoms with E-state index in [1.54, 1.807) is 25.3 Å². The van der Waals surface area contributed by atoms with Crippen molar-refractivity contribution >= 4 is 12.3 Å². The molecule has 0 N–H and O–H groups in total. The number of hydrogen-bond acceptors (Lipinski definition) is 4.